The van der Waals surface area contributed by atoms with Crippen LogP contribution in [-0.4, -0.2) is 42.8 Å². The van der Waals surface area contributed by atoms with Crippen molar-refractivity contribution in [2.45, 2.75) is 58.2 Å². The summed E-state index contributed by atoms with van der Waals surface area (Å²) in [6.07, 6.45) is 0.621. The van der Waals surface area contributed by atoms with Gasteiger partial charge in [0.05, 0.1) is 11.3 Å². The first-order valence-corrected chi connectivity index (χ1v) is 11.3. The number of alkyl carbamates (subject to hydrolysis) is 1. The van der Waals surface area contributed by atoms with Gasteiger partial charge in [0.2, 0.25) is 5.91 Å². The van der Waals surface area contributed by atoms with Gasteiger partial charge in [-0.2, -0.15) is 5.26 Å². The first kappa shape index (κ1) is 24.1. The van der Waals surface area contributed by atoms with Crippen LogP contribution in [0.25, 0.3) is 11.1 Å². The molecule has 2 aromatic carbocycles. The second-order valence-corrected chi connectivity index (χ2v) is 9.26. The van der Waals surface area contributed by atoms with E-state index in [-0.39, 0.29) is 11.9 Å². The van der Waals surface area contributed by atoms with Gasteiger partial charge in [0.25, 0.3) is 0 Å². The van der Waals surface area contributed by atoms with E-state index in [1.165, 1.54) is 0 Å². The molecule has 2 atom stereocenters. The smallest absolute Gasteiger partial charge is 0.408 e. The zero-order valence-electron chi connectivity index (χ0n) is 19.7. The number of nitrogens with one attached hydrogen (secondary N) is 2. The van der Waals surface area contributed by atoms with Gasteiger partial charge in [0.15, 0.2) is 0 Å². The van der Waals surface area contributed by atoms with Gasteiger partial charge in [-0.3, -0.25) is 4.79 Å². The Kier molecular flexibility index (Phi) is 7.59. The average molecular weight is 449 g/mol. The Hall–Kier alpha value is -3.53. The van der Waals surface area contributed by atoms with Crippen LogP contribution < -0.4 is 15.5 Å². The lowest BCUT2D eigenvalue weighted by molar-refractivity contribution is -0.123. The predicted molar refractivity (Wildman–Crippen MR) is 129 cm³/mol. The number of amides is 2. The summed E-state index contributed by atoms with van der Waals surface area (Å²) in [6.45, 7) is 8.53. The third-order valence-corrected chi connectivity index (χ3v) is 5.52. The fraction of sp³-hybridized carbons (Fsp3) is 0.423. The molecule has 174 valence electrons. The molecule has 0 spiro atoms. The summed E-state index contributed by atoms with van der Waals surface area (Å²) in [5.74, 6) is -0.227. The molecule has 2 aromatic rings. The van der Waals surface area contributed by atoms with Crippen molar-refractivity contribution >= 4 is 17.7 Å². The van der Waals surface area contributed by atoms with Crippen molar-refractivity contribution < 1.29 is 14.3 Å². The summed E-state index contributed by atoms with van der Waals surface area (Å²) in [7, 11) is 0. The van der Waals surface area contributed by atoms with Gasteiger partial charge in [-0.15, -0.1) is 0 Å². The number of nitriles is 1. The predicted octanol–water partition coefficient (Wildman–Crippen LogP) is 4.22. The van der Waals surface area contributed by atoms with Gasteiger partial charge in [-0.25, -0.2) is 4.79 Å². The molecule has 1 aliphatic heterocycles. The topological polar surface area (TPSA) is 94.5 Å². The SMILES string of the molecule is CC[C@H](NC(=O)OC(C)(C)C)C(=O)N[C@H]1CCN(c2ccc(-c3ccccc3)cc2C#N)C1. The number of benzene rings is 2. The fourth-order valence-electron chi connectivity index (χ4n) is 3.91. The van der Waals surface area contributed by atoms with E-state index < -0.39 is 17.7 Å². The number of hydrogen-bond donors (Lipinski definition) is 2. The summed E-state index contributed by atoms with van der Waals surface area (Å²) in [5.41, 5.74) is 2.92. The zero-order valence-corrected chi connectivity index (χ0v) is 19.7. The van der Waals surface area contributed by atoms with Crippen molar-refractivity contribution in [3.05, 3.63) is 54.1 Å². The lowest BCUT2D eigenvalue weighted by Gasteiger charge is -2.24. The van der Waals surface area contributed by atoms with E-state index in [0.29, 0.717) is 18.5 Å². The van der Waals surface area contributed by atoms with E-state index in [1.807, 2.05) is 55.5 Å². The molecule has 0 aromatic heterocycles. The van der Waals surface area contributed by atoms with Gasteiger partial charge >= 0.3 is 6.09 Å². The number of carbonyl (C=O) groups excluding carboxylic acids is 2. The normalized spacial score (nSPS) is 16.6. The fourth-order valence-corrected chi connectivity index (χ4v) is 3.91. The number of hydrogen-bond acceptors (Lipinski definition) is 5. The number of anilines is 1. The molecule has 1 heterocycles. The molecule has 1 fully saturated rings. The molecule has 0 saturated carbocycles. The van der Waals surface area contributed by atoms with Crippen molar-refractivity contribution in [1.82, 2.24) is 10.6 Å². The number of rotatable bonds is 6. The molecule has 7 nitrogen and oxygen atoms in total. The van der Waals surface area contributed by atoms with Gasteiger partial charge in [-0.1, -0.05) is 43.3 Å². The molecule has 1 saturated heterocycles. The van der Waals surface area contributed by atoms with Crippen LogP contribution in [0.2, 0.25) is 0 Å². The van der Waals surface area contributed by atoms with Crippen LogP contribution in [0.1, 0.15) is 46.1 Å². The summed E-state index contributed by atoms with van der Waals surface area (Å²) < 4.78 is 5.26. The molecular weight excluding hydrogens is 416 g/mol. The van der Waals surface area contributed by atoms with E-state index in [9.17, 15) is 14.9 Å². The molecule has 0 radical (unpaired) electrons. The highest BCUT2D eigenvalue weighted by Crippen LogP contribution is 2.29. The number of nitrogens with zero attached hydrogens (tertiary/aromatic N) is 2. The van der Waals surface area contributed by atoms with Crippen LogP contribution in [0, 0.1) is 11.3 Å². The quantitative estimate of drug-likeness (QED) is 0.690. The monoisotopic (exact) mass is 448 g/mol. The van der Waals surface area contributed by atoms with Crippen LogP contribution >= 0.6 is 0 Å². The Morgan fingerprint density at radius 3 is 2.55 bits per heavy atom. The Morgan fingerprint density at radius 1 is 1.18 bits per heavy atom. The van der Waals surface area contributed by atoms with Gasteiger partial charge in [0, 0.05) is 19.1 Å². The Morgan fingerprint density at radius 2 is 1.91 bits per heavy atom. The minimum absolute atomic E-state index is 0.0627. The maximum Gasteiger partial charge on any atom is 0.408 e. The Bertz CT molecular complexity index is 1020. The number of carbonyl (C=O) groups is 2. The third kappa shape index (κ3) is 6.48. The molecule has 1 aliphatic rings. The van der Waals surface area contributed by atoms with Crippen LogP contribution in [-0.2, 0) is 9.53 Å². The Balaban J connectivity index is 1.62. The molecular formula is C26H32N4O3. The minimum Gasteiger partial charge on any atom is -0.444 e. The van der Waals surface area contributed by atoms with Crippen LogP contribution in [0.5, 0.6) is 0 Å². The lowest BCUT2D eigenvalue weighted by Crippen LogP contribution is -2.50. The van der Waals surface area contributed by atoms with E-state index in [2.05, 4.69) is 21.6 Å². The zero-order chi connectivity index (χ0) is 24.0. The highest BCUT2D eigenvalue weighted by Gasteiger charge is 2.29. The maximum atomic E-state index is 12.7. The summed E-state index contributed by atoms with van der Waals surface area (Å²) in [5, 5.41) is 15.4. The second kappa shape index (κ2) is 10.4. The molecule has 7 heteroatoms. The lowest BCUT2D eigenvalue weighted by atomic mass is 10.0. The average Bonchev–Trinajstić information content (AvgIpc) is 3.24. The van der Waals surface area contributed by atoms with Gasteiger partial charge in [0.1, 0.15) is 17.7 Å². The van der Waals surface area contributed by atoms with E-state index in [0.717, 1.165) is 29.8 Å². The van der Waals surface area contributed by atoms with E-state index in [4.69, 9.17) is 4.74 Å². The number of ether oxygens (including phenoxy) is 1. The van der Waals surface area contributed by atoms with Crippen molar-refractivity contribution in [3.8, 4) is 17.2 Å². The van der Waals surface area contributed by atoms with Crippen molar-refractivity contribution in [1.29, 1.82) is 5.26 Å². The summed E-state index contributed by atoms with van der Waals surface area (Å²) >= 11 is 0. The first-order chi connectivity index (χ1) is 15.7. The summed E-state index contributed by atoms with van der Waals surface area (Å²) in [4.78, 5) is 26.9. The minimum atomic E-state index is -0.659. The molecule has 3 rings (SSSR count). The molecule has 2 amide bonds. The van der Waals surface area contributed by atoms with Crippen LogP contribution in [0.4, 0.5) is 10.5 Å². The third-order valence-electron chi connectivity index (χ3n) is 5.52. The van der Waals surface area contributed by atoms with Crippen LogP contribution in [0.3, 0.4) is 0 Å². The molecule has 33 heavy (non-hydrogen) atoms. The summed E-state index contributed by atoms with van der Waals surface area (Å²) in [6, 6.07) is 17.5. The molecule has 0 bridgehead atoms. The highest BCUT2D eigenvalue weighted by molar-refractivity contribution is 5.86. The largest absolute Gasteiger partial charge is 0.444 e. The first-order valence-electron chi connectivity index (χ1n) is 11.3. The molecule has 2 N–H and O–H groups in total. The highest BCUT2D eigenvalue weighted by atomic mass is 16.6. The van der Waals surface area contributed by atoms with Crippen molar-refractivity contribution in [2.24, 2.45) is 0 Å². The van der Waals surface area contributed by atoms with Crippen LogP contribution in [0.15, 0.2) is 48.5 Å². The standard InChI is InChI=1S/C26H32N4O3/c1-5-22(29-25(32)33-26(2,3)4)24(31)28-21-13-14-30(17-21)23-12-11-19(15-20(23)16-27)18-9-7-6-8-10-18/h6-12,15,21-22H,5,13-14,17H2,1-4H3,(H,28,31)(H,29,32)/t21-,22-/m0/s1. The van der Waals surface area contributed by atoms with E-state index >= 15 is 0 Å². The molecule has 0 unspecified atom stereocenters. The van der Waals surface area contributed by atoms with E-state index in [1.54, 1.807) is 20.8 Å². The molecule has 0 aliphatic carbocycles. The maximum absolute atomic E-state index is 12.7. The van der Waals surface area contributed by atoms with Crippen molar-refractivity contribution in [3.63, 3.8) is 0 Å². The van der Waals surface area contributed by atoms with Crippen molar-refractivity contribution in [2.75, 3.05) is 18.0 Å². The Labute approximate surface area is 195 Å². The second-order valence-electron chi connectivity index (χ2n) is 9.26. The van der Waals surface area contributed by atoms with Gasteiger partial charge < -0.3 is 20.3 Å². The van der Waals surface area contributed by atoms with Gasteiger partial charge in [-0.05, 0) is 56.9 Å².